The number of nitrogens with one attached hydrogen (secondary N) is 1. The summed E-state index contributed by atoms with van der Waals surface area (Å²) in [6.45, 7) is 3.33. The summed E-state index contributed by atoms with van der Waals surface area (Å²) in [6, 6.07) is 13.1. The third-order valence-electron chi connectivity index (χ3n) is 4.59. The van der Waals surface area contributed by atoms with Gasteiger partial charge in [0.2, 0.25) is 10.0 Å². The monoisotopic (exact) mass is 374 g/mol. The van der Waals surface area contributed by atoms with Crippen molar-refractivity contribution in [2.45, 2.75) is 30.7 Å². The van der Waals surface area contributed by atoms with E-state index in [4.69, 9.17) is 0 Å². The molecule has 6 nitrogen and oxygen atoms in total. The molecule has 26 heavy (non-hydrogen) atoms. The average Bonchev–Trinajstić information content (AvgIpc) is 3.16. The van der Waals surface area contributed by atoms with E-state index in [9.17, 15) is 18.3 Å². The summed E-state index contributed by atoms with van der Waals surface area (Å²) in [5, 5.41) is 9.53. The molecule has 1 atom stereocenters. The van der Waals surface area contributed by atoms with Crippen LogP contribution in [-0.4, -0.2) is 32.6 Å². The van der Waals surface area contributed by atoms with Crippen LogP contribution in [0.1, 0.15) is 41.7 Å². The number of carbonyl (C=O) groups is 1. The second-order valence-electron chi connectivity index (χ2n) is 6.43. The molecule has 0 saturated carbocycles. The predicted molar refractivity (Wildman–Crippen MR) is 100 cm³/mol. The zero-order chi connectivity index (χ0) is 18.7. The number of nitrogens with zero attached hydrogens (tertiary/aromatic N) is 1. The topological polar surface area (TPSA) is 86.7 Å². The van der Waals surface area contributed by atoms with E-state index in [2.05, 4.69) is 4.72 Å². The Balaban J connectivity index is 1.90. The molecule has 0 spiro atoms. The molecule has 1 fully saturated rings. The third-order valence-corrected chi connectivity index (χ3v) is 6.13. The number of carboxylic acids is 1. The van der Waals surface area contributed by atoms with Gasteiger partial charge in [0, 0.05) is 19.1 Å². The lowest BCUT2D eigenvalue weighted by Gasteiger charge is -2.21. The van der Waals surface area contributed by atoms with E-state index in [1.54, 1.807) is 13.0 Å². The Morgan fingerprint density at radius 3 is 2.38 bits per heavy atom. The van der Waals surface area contributed by atoms with Crippen LogP contribution in [0.2, 0.25) is 0 Å². The molecule has 138 valence electrons. The molecule has 0 radical (unpaired) electrons. The first-order valence-electron chi connectivity index (χ1n) is 8.58. The minimum atomic E-state index is -3.84. The van der Waals surface area contributed by atoms with Crippen molar-refractivity contribution in [3.05, 3.63) is 59.7 Å². The fourth-order valence-corrected chi connectivity index (χ4v) is 4.46. The third kappa shape index (κ3) is 3.89. The molecular formula is C19H22N2O4S. The van der Waals surface area contributed by atoms with E-state index < -0.39 is 22.0 Å². The fraction of sp³-hybridized carbons (Fsp3) is 0.316. The molecule has 0 bridgehead atoms. The Bertz CT molecular complexity index is 891. The van der Waals surface area contributed by atoms with E-state index in [1.807, 2.05) is 35.2 Å². The molecule has 1 aliphatic rings. The number of hydrogen-bond donors (Lipinski definition) is 2. The van der Waals surface area contributed by atoms with Crippen molar-refractivity contribution in [2.75, 3.05) is 18.0 Å². The summed E-state index contributed by atoms with van der Waals surface area (Å²) in [6.07, 6.45) is 2.02. The second kappa shape index (κ2) is 7.47. The summed E-state index contributed by atoms with van der Waals surface area (Å²) in [7, 11) is -3.84. The van der Waals surface area contributed by atoms with Crippen LogP contribution in [0.15, 0.2) is 53.4 Å². The summed E-state index contributed by atoms with van der Waals surface area (Å²) in [5.74, 6) is -1.12. The first kappa shape index (κ1) is 18.4. The Morgan fingerprint density at radius 2 is 1.77 bits per heavy atom. The van der Waals surface area contributed by atoms with Gasteiger partial charge >= 0.3 is 5.97 Å². The summed E-state index contributed by atoms with van der Waals surface area (Å²) >= 11 is 0. The van der Waals surface area contributed by atoms with Crippen LogP contribution in [0.5, 0.6) is 0 Å². The molecule has 2 aromatic carbocycles. The molecule has 1 saturated heterocycles. The smallest absolute Gasteiger partial charge is 0.337 e. The van der Waals surface area contributed by atoms with Crippen molar-refractivity contribution in [1.29, 1.82) is 0 Å². The van der Waals surface area contributed by atoms with E-state index >= 15 is 0 Å². The van der Waals surface area contributed by atoms with Gasteiger partial charge in [0.15, 0.2) is 0 Å². The molecule has 1 aliphatic heterocycles. The standard InChI is InChI=1S/C19H22N2O4S/c1-14(15-7-3-2-4-8-15)20-26(24,25)16-9-10-18(17(13-16)19(22)23)21-11-5-6-12-21/h2-4,7-10,13-14,20H,5-6,11-12H2,1H3,(H,22,23)/t14-/m1/s1. The van der Waals surface area contributed by atoms with Crippen LogP contribution in [0.25, 0.3) is 0 Å². The van der Waals surface area contributed by atoms with Crippen molar-refractivity contribution in [2.24, 2.45) is 0 Å². The summed E-state index contributed by atoms with van der Waals surface area (Å²) < 4.78 is 28.0. The number of carboxylic acid groups (broad SMARTS) is 1. The van der Waals surface area contributed by atoms with Crippen molar-refractivity contribution in [3.8, 4) is 0 Å². The number of rotatable bonds is 6. The Kier molecular flexibility index (Phi) is 5.29. The maximum atomic E-state index is 12.7. The van der Waals surface area contributed by atoms with E-state index in [0.29, 0.717) is 5.69 Å². The van der Waals surface area contributed by atoms with Gasteiger partial charge in [-0.15, -0.1) is 0 Å². The highest BCUT2D eigenvalue weighted by atomic mass is 32.2. The number of hydrogen-bond acceptors (Lipinski definition) is 4. The zero-order valence-corrected chi connectivity index (χ0v) is 15.4. The first-order valence-corrected chi connectivity index (χ1v) is 10.1. The number of sulfonamides is 1. The molecule has 0 aromatic heterocycles. The normalized spacial score (nSPS) is 15.8. The van der Waals surface area contributed by atoms with Crippen LogP contribution in [-0.2, 0) is 10.0 Å². The van der Waals surface area contributed by atoms with Crippen LogP contribution < -0.4 is 9.62 Å². The molecule has 0 aliphatic carbocycles. The van der Waals surface area contributed by atoms with Gasteiger partial charge in [-0.1, -0.05) is 30.3 Å². The minimum absolute atomic E-state index is 0.0159. The predicted octanol–water partition coefficient (Wildman–Crippen LogP) is 3.02. The van der Waals surface area contributed by atoms with Crippen LogP contribution >= 0.6 is 0 Å². The van der Waals surface area contributed by atoms with E-state index in [1.165, 1.54) is 12.1 Å². The van der Waals surface area contributed by atoms with Gasteiger partial charge in [-0.3, -0.25) is 0 Å². The van der Waals surface area contributed by atoms with Gasteiger partial charge in [-0.25, -0.2) is 17.9 Å². The average molecular weight is 374 g/mol. The molecular weight excluding hydrogens is 352 g/mol. The van der Waals surface area contributed by atoms with Crippen LogP contribution in [0.4, 0.5) is 5.69 Å². The number of benzene rings is 2. The lowest BCUT2D eigenvalue weighted by atomic mass is 10.1. The van der Waals surface area contributed by atoms with Gasteiger partial charge in [0.05, 0.1) is 16.1 Å². The van der Waals surface area contributed by atoms with Crippen LogP contribution in [0, 0.1) is 0 Å². The van der Waals surface area contributed by atoms with Gasteiger partial charge in [0.25, 0.3) is 0 Å². The lowest BCUT2D eigenvalue weighted by molar-refractivity contribution is 0.0697. The quantitative estimate of drug-likeness (QED) is 0.812. The van der Waals surface area contributed by atoms with Gasteiger partial charge in [-0.05, 0) is 43.5 Å². The van der Waals surface area contributed by atoms with Gasteiger partial charge in [0.1, 0.15) is 0 Å². The van der Waals surface area contributed by atoms with Crippen LogP contribution in [0.3, 0.4) is 0 Å². The van der Waals surface area contributed by atoms with Gasteiger partial charge in [-0.2, -0.15) is 0 Å². The molecule has 3 rings (SSSR count). The van der Waals surface area contributed by atoms with Crippen molar-refractivity contribution < 1.29 is 18.3 Å². The lowest BCUT2D eigenvalue weighted by Crippen LogP contribution is -2.27. The Labute approximate surface area is 153 Å². The van der Waals surface area contributed by atoms with Crippen molar-refractivity contribution in [1.82, 2.24) is 4.72 Å². The highest BCUT2D eigenvalue weighted by Gasteiger charge is 2.24. The van der Waals surface area contributed by atoms with Gasteiger partial charge < -0.3 is 10.0 Å². The largest absolute Gasteiger partial charge is 0.478 e. The van der Waals surface area contributed by atoms with E-state index in [0.717, 1.165) is 31.5 Å². The maximum absolute atomic E-state index is 12.7. The summed E-state index contributed by atoms with van der Waals surface area (Å²) in [4.78, 5) is 13.6. The molecule has 2 aromatic rings. The zero-order valence-electron chi connectivity index (χ0n) is 14.6. The summed E-state index contributed by atoms with van der Waals surface area (Å²) in [5.41, 5.74) is 1.43. The molecule has 2 N–H and O–H groups in total. The second-order valence-corrected chi connectivity index (χ2v) is 8.15. The number of anilines is 1. The fourth-order valence-electron chi connectivity index (χ4n) is 3.20. The molecule has 0 unspecified atom stereocenters. The Hall–Kier alpha value is -2.38. The van der Waals surface area contributed by atoms with E-state index in [-0.39, 0.29) is 10.5 Å². The minimum Gasteiger partial charge on any atom is -0.478 e. The SMILES string of the molecule is C[C@@H](NS(=O)(=O)c1ccc(N2CCCC2)c(C(=O)O)c1)c1ccccc1. The van der Waals surface area contributed by atoms with Crippen molar-refractivity contribution >= 4 is 21.7 Å². The molecule has 0 amide bonds. The first-order chi connectivity index (χ1) is 12.4. The molecule has 1 heterocycles. The Morgan fingerprint density at radius 1 is 1.12 bits per heavy atom. The highest BCUT2D eigenvalue weighted by molar-refractivity contribution is 7.89. The maximum Gasteiger partial charge on any atom is 0.337 e. The number of aromatic carboxylic acids is 1. The van der Waals surface area contributed by atoms with Crippen molar-refractivity contribution in [3.63, 3.8) is 0 Å². The molecule has 7 heteroatoms. The highest BCUT2D eigenvalue weighted by Crippen LogP contribution is 2.28.